The van der Waals surface area contributed by atoms with E-state index in [0.29, 0.717) is 23.6 Å². The Morgan fingerprint density at radius 1 is 1.29 bits per heavy atom. The molecule has 4 rings (SSSR count). The van der Waals surface area contributed by atoms with Gasteiger partial charge < -0.3 is 10.1 Å². The first kappa shape index (κ1) is 15.1. The first-order valence-electron chi connectivity index (χ1n) is 8.16. The van der Waals surface area contributed by atoms with Crippen LogP contribution in [0.15, 0.2) is 36.8 Å². The highest BCUT2D eigenvalue weighted by Crippen LogP contribution is 2.27. The fourth-order valence-corrected chi connectivity index (χ4v) is 3.02. The SMILES string of the molecule is [B]c1cnn2c(NCc3cccnc3)cc(C3CCOCC3)nc12. The van der Waals surface area contributed by atoms with Crippen LogP contribution in [-0.2, 0) is 11.3 Å². The Balaban J connectivity index is 1.67. The molecule has 1 fully saturated rings. The van der Waals surface area contributed by atoms with Crippen molar-refractivity contribution < 1.29 is 4.74 Å². The van der Waals surface area contributed by atoms with Crippen molar-refractivity contribution in [3.8, 4) is 0 Å². The fourth-order valence-electron chi connectivity index (χ4n) is 3.02. The summed E-state index contributed by atoms with van der Waals surface area (Å²) >= 11 is 0. The highest BCUT2D eigenvalue weighted by Gasteiger charge is 2.20. The molecule has 0 saturated carbocycles. The summed E-state index contributed by atoms with van der Waals surface area (Å²) in [6.07, 6.45) is 7.23. The smallest absolute Gasteiger partial charge is 0.150 e. The van der Waals surface area contributed by atoms with Crippen LogP contribution in [0.1, 0.15) is 30.0 Å². The van der Waals surface area contributed by atoms with Crippen molar-refractivity contribution in [1.82, 2.24) is 19.6 Å². The second-order valence-electron chi connectivity index (χ2n) is 6.00. The Labute approximate surface area is 141 Å². The first-order valence-corrected chi connectivity index (χ1v) is 8.16. The van der Waals surface area contributed by atoms with E-state index >= 15 is 0 Å². The summed E-state index contributed by atoms with van der Waals surface area (Å²) in [6.45, 7) is 2.23. The molecule has 2 radical (unpaired) electrons. The van der Waals surface area contributed by atoms with Crippen molar-refractivity contribution in [2.45, 2.75) is 25.3 Å². The molecule has 6 nitrogen and oxygen atoms in total. The third-order valence-corrected chi connectivity index (χ3v) is 4.35. The monoisotopic (exact) mass is 319 g/mol. The van der Waals surface area contributed by atoms with E-state index in [1.54, 1.807) is 16.9 Å². The van der Waals surface area contributed by atoms with Gasteiger partial charge in [0, 0.05) is 56.0 Å². The average Bonchev–Trinajstić information content (AvgIpc) is 3.02. The van der Waals surface area contributed by atoms with Gasteiger partial charge in [-0.25, -0.2) is 4.98 Å². The number of hydrogen-bond acceptors (Lipinski definition) is 5. The summed E-state index contributed by atoms with van der Waals surface area (Å²) in [6, 6.07) is 6.04. The molecule has 1 N–H and O–H groups in total. The van der Waals surface area contributed by atoms with Crippen molar-refractivity contribution in [2.75, 3.05) is 18.5 Å². The molecule has 7 heteroatoms. The van der Waals surface area contributed by atoms with Gasteiger partial charge in [0.1, 0.15) is 19.3 Å². The van der Waals surface area contributed by atoms with Crippen LogP contribution in [0.2, 0.25) is 0 Å². The van der Waals surface area contributed by atoms with Gasteiger partial charge in [0.25, 0.3) is 0 Å². The van der Waals surface area contributed by atoms with E-state index in [0.717, 1.165) is 43.1 Å². The van der Waals surface area contributed by atoms with E-state index < -0.39 is 0 Å². The van der Waals surface area contributed by atoms with Gasteiger partial charge in [0.2, 0.25) is 0 Å². The quantitative estimate of drug-likeness (QED) is 0.737. The first-order chi connectivity index (χ1) is 11.8. The Bertz CT molecular complexity index is 830. The zero-order chi connectivity index (χ0) is 16.4. The third-order valence-electron chi connectivity index (χ3n) is 4.35. The predicted molar refractivity (Wildman–Crippen MR) is 92.7 cm³/mol. The lowest BCUT2D eigenvalue weighted by Gasteiger charge is -2.22. The van der Waals surface area contributed by atoms with Crippen molar-refractivity contribution in [3.63, 3.8) is 0 Å². The lowest BCUT2D eigenvalue weighted by atomic mass is 9.95. The number of aromatic nitrogens is 4. The van der Waals surface area contributed by atoms with Crippen LogP contribution in [0.4, 0.5) is 5.82 Å². The maximum atomic E-state index is 6.04. The summed E-state index contributed by atoms with van der Waals surface area (Å²) in [5.41, 5.74) is 3.45. The highest BCUT2D eigenvalue weighted by atomic mass is 16.5. The van der Waals surface area contributed by atoms with Crippen molar-refractivity contribution in [1.29, 1.82) is 0 Å². The number of anilines is 1. The van der Waals surface area contributed by atoms with Gasteiger partial charge in [-0.3, -0.25) is 4.98 Å². The van der Waals surface area contributed by atoms with Gasteiger partial charge in [0.15, 0.2) is 0 Å². The number of pyridine rings is 1. The van der Waals surface area contributed by atoms with Gasteiger partial charge in [-0.05, 0) is 29.9 Å². The zero-order valence-electron chi connectivity index (χ0n) is 13.4. The van der Waals surface area contributed by atoms with Crippen molar-refractivity contribution >= 4 is 24.8 Å². The molecular weight excluding hydrogens is 301 g/mol. The average molecular weight is 319 g/mol. The summed E-state index contributed by atoms with van der Waals surface area (Å²) < 4.78 is 7.22. The summed E-state index contributed by atoms with van der Waals surface area (Å²) in [5.74, 6) is 1.29. The molecule has 3 aromatic rings. The van der Waals surface area contributed by atoms with E-state index in [1.165, 1.54) is 0 Å². The lowest BCUT2D eigenvalue weighted by Crippen LogP contribution is -2.17. The highest BCUT2D eigenvalue weighted by molar-refractivity contribution is 6.36. The molecule has 4 heterocycles. The normalized spacial score (nSPS) is 15.7. The van der Waals surface area contributed by atoms with Crippen LogP contribution >= 0.6 is 0 Å². The van der Waals surface area contributed by atoms with Crippen LogP contribution in [-0.4, -0.2) is 40.6 Å². The van der Waals surface area contributed by atoms with E-state index in [1.807, 2.05) is 18.3 Å². The Morgan fingerprint density at radius 3 is 2.96 bits per heavy atom. The van der Waals surface area contributed by atoms with Crippen LogP contribution in [0.25, 0.3) is 5.65 Å². The van der Waals surface area contributed by atoms with Crippen LogP contribution in [0, 0.1) is 0 Å². The number of hydrogen-bond donors (Lipinski definition) is 1. The van der Waals surface area contributed by atoms with Gasteiger partial charge in [0.05, 0.1) is 0 Å². The molecular formula is C17H18BN5O. The van der Waals surface area contributed by atoms with Crippen LogP contribution < -0.4 is 10.8 Å². The summed E-state index contributed by atoms with van der Waals surface area (Å²) in [7, 11) is 6.04. The van der Waals surface area contributed by atoms with Crippen molar-refractivity contribution in [3.05, 3.63) is 48.0 Å². The van der Waals surface area contributed by atoms with Gasteiger partial charge in [-0.15, -0.1) is 0 Å². The molecule has 0 bridgehead atoms. The second-order valence-corrected chi connectivity index (χ2v) is 6.00. The molecule has 1 saturated heterocycles. The second kappa shape index (κ2) is 6.61. The summed E-state index contributed by atoms with van der Waals surface area (Å²) in [5, 5.41) is 7.77. The molecule has 1 aliphatic rings. The zero-order valence-corrected chi connectivity index (χ0v) is 13.4. The third kappa shape index (κ3) is 2.99. The van der Waals surface area contributed by atoms with E-state index in [4.69, 9.17) is 17.6 Å². The van der Waals surface area contributed by atoms with E-state index in [2.05, 4.69) is 21.5 Å². The molecule has 24 heavy (non-hydrogen) atoms. The van der Waals surface area contributed by atoms with Crippen LogP contribution in [0.3, 0.4) is 0 Å². The molecule has 0 aromatic carbocycles. The van der Waals surface area contributed by atoms with Gasteiger partial charge >= 0.3 is 0 Å². The molecule has 0 unspecified atom stereocenters. The number of nitrogens with zero attached hydrogens (tertiary/aromatic N) is 4. The number of fused-ring (bicyclic) bond motifs is 1. The standard InChI is InChI=1S/C17H18BN5O/c18-14-11-21-23-16(20-10-12-2-1-5-19-9-12)8-15(22-17(14)23)13-3-6-24-7-4-13/h1-2,5,8-9,11,13,20H,3-4,6-7,10H2. The lowest BCUT2D eigenvalue weighted by molar-refractivity contribution is 0.0845. The molecule has 0 amide bonds. The van der Waals surface area contributed by atoms with Crippen LogP contribution in [0.5, 0.6) is 0 Å². The van der Waals surface area contributed by atoms with Gasteiger partial charge in [-0.1, -0.05) is 6.07 Å². The fraction of sp³-hybridized carbons (Fsp3) is 0.353. The van der Waals surface area contributed by atoms with Crippen molar-refractivity contribution in [2.24, 2.45) is 0 Å². The minimum absolute atomic E-state index is 0.400. The Morgan fingerprint density at radius 2 is 2.17 bits per heavy atom. The molecule has 1 aliphatic heterocycles. The maximum absolute atomic E-state index is 6.04. The number of ether oxygens (including phenoxy) is 1. The number of rotatable bonds is 4. The minimum atomic E-state index is 0.400. The van der Waals surface area contributed by atoms with E-state index in [-0.39, 0.29) is 0 Å². The Hall–Kier alpha value is -2.41. The summed E-state index contributed by atoms with van der Waals surface area (Å²) in [4.78, 5) is 8.89. The predicted octanol–water partition coefficient (Wildman–Crippen LogP) is 1.42. The topological polar surface area (TPSA) is 64.3 Å². The molecule has 0 spiro atoms. The molecule has 0 atom stereocenters. The van der Waals surface area contributed by atoms with E-state index in [9.17, 15) is 0 Å². The molecule has 120 valence electrons. The molecule has 0 aliphatic carbocycles. The van der Waals surface area contributed by atoms with Gasteiger partial charge in [-0.2, -0.15) is 9.61 Å². The Kier molecular flexibility index (Phi) is 4.17. The maximum Gasteiger partial charge on any atom is 0.150 e. The minimum Gasteiger partial charge on any atom is -0.381 e. The largest absolute Gasteiger partial charge is 0.381 e. The molecule has 3 aromatic heterocycles. The number of nitrogens with one attached hydrogen (secondary N) is 1.